The highest BCUT2D eigenvalue weighted by atomic mass is 16.5. The average molecular weight is 373 g/mol. The first-order chi connectivity index (χ1) is 13.3. The maximum Gasteiger partial charge on any atom is 0.246 e. The first kappa shape index (κ1) is 19.7. The summed E-state index contributed by atoms with van der Waals surface area (Å²) in [5, 5.41) is 6.38. The largest absolute Gasteiger partial charge is 0.378 e. The van der Waals surface area contributed by atoms with Gasteiger partial charge in [-0.15, -0.1) is 0 Å². The Balaban J connectivity index is 1.32. The summed E-state index contributed by atoms with van der Waals surface area (Å²) >= 11 is 0. The van der Waals surface area contributed by atoms with Crippen molar-refractivity contribution in [1.29, 1.82) is 0 Å². The van der Waals surface area contributed by atoms with Crippen LogP contribution in [0.15, 0.2) is 29.3 Å². The Kier molecular flexibility index (Phi) is 7.51. The van der Waals surface area contributed by atoms with Crippen LogP contribution in [-0.4, -0.2) is 51.3 Å². The van der Waals surface area contributed by atoms with E-state index in [0.29, 0.717) is 12.1 Å². The topological polar surface area (TPSA) is 66.0 Å². The molecule has 0 aromatic heterocycles. The molecule has 148 valence electrons. The Labute approximate surface area is 162 Å². The molecule has 0 saturated heterocycles. The van der Waals surface area contributed by atoms with Gasteiger partial charge in [0.25, 0.3) is 0 Å². The fourth-order valence-electron chi connectivity index (χ4n) is 3.83. The standard InChI is InChI=1S/C21H32N4O2/c1-22-21(23-13-7-15-27-18-9-3-2-4-10-18)24-16-20(26)25-14-12-17-8-5-6-11-19(17)25/h5-6,8,11,18H,2-4,7,9-10,12-16H2,1H3,(H2,22,23,24). The summed E-state index contributed by atoms with van der Waals surface area (Å²) in [6.07, 6.45) is 8.68. The molecule has 1 aromatic rings. The van der Waals surface area contributed by atoms with Gasteiger partial charge in [0.2, 0.25) is 5.91 Å². The summed E-state index contributed by atoms with van der Waals surface area (Å²) in [5.41, 5.74) is 2.28. The molecule has 0 spiro atoms. The number of rotatable bonds is 7. The number of amides is 1. The molecule has 0 radical (unpaired) electrons. The molecule has 1 fully saturated rings. The molecule has 0 bridgehead atoms. The summed E-state index contributed by atoms with van der Waals surface area (Å²) in [6.45, 7) is 2.56. The van der Waals surface area contributed by atoms with Gasteiger partial charge in [-0.25, -0.2) is 0 Å². The van der Waals surface area contributed by atoms with Crippen LogP contribution in [-0.2, 0) is 16.0 Å². The van der Waals surface area contributed by atoms with Crippen LogP contribution in [0.4, 0.5) is 5.69 Å². The average Bonchev–Trinajstić information content (AvgIpc) is 3.15. The van der Waals surface area contributed by atoms with E-state index < -0.39 is 0 Å². The number of hydrogen-bond acceptors (Lipinski definition) is 3. The van der Waals surface area contributed by atoms with Crippen molar-refractivity contribution in [3.05, 3.63) is 29.8 Å². The third-order valence-electron chi connectivity index (χ3n) is 5.34. The number of guanidine groups is 1. The van der Waals surface area contributed by atoms with Gasteiger partial charge in [-0.2, -0.15) is 0 Å². The highest BCUT2D eigenvalue weighted by Crippen LogP contribution is 2.27. The van der Waals surface area contributed by atoms with Gasteiger partial charge in [-0.3, -0.25) is 9.79 Å². The molecule has 6 nitrogen and oxygen atoms in total. The zero-order chi connectivity index (χ0) is 18.9. The maximum absolute atomic E-state index is 12.5. The fourth-order valence-corrected chi connectivity index (χ4v) is 3.83. The van der Waals surface area contributed by atoms with Gasteiger partial charge in [0.15, 0.2) is 5.96 Å². The van der Waals surface area contributed by atoms with E-state index in [9.17, 15) is 4.79 Å². The van der Waals surface area contributed by atoms with E-state index in [1.165, 1.54) is 37.7 Å². The molecule has 2 aliphatic rings. The molecule has 1 saturated carbocycles. The molecule has 3 rings (SSSR count). The van der Waals surface area contributed by atoms with E-state index in [1.54, 1.807) is 7.05 Å². The van der Waals surface area contributed by atoms with Crippen molar-refractivity contribution < 1.29 is 9.53 Å². The molecule has 0 atom stereocenters. The number of para-hydroxylation sites is 1. The molecule has 27 heavy (non-hydrogen) atoms. The van der Waals surface area contributed by atoms with E-state index in [0.717, 1.165) is 38.2 Å². The van der Waals surface area contributed by atoms with Gasteiger partial charge >= 0.3 is 0 Å². The third kappa shape index (κ3) is 5.70. The van der Waals surface area contributed by atoms with Crippen LogP contribution in [0.2, 0.25) is 0 Å². The highest BCUT2D eigenvalue weighted by Gasteiger charge is 2.23. The summed E-state index contributed by atoms with van der Waals surface area (Å²) in [6, 6.07) is 8.11. The van der Waals surface area contributed by atoms with Gasteiger partial charge in [0.05, 0.1) is 12.6 Å². The van der Waals surface area contributed by atoms with Crippen molar-refractivity contribution in [3.63, 3.8) is 0 Å². The second-order valence-electron chi connectivity index (χ2n) is 7.26. The fraction of sp³-hybridized carbons (Fsp3) is 0.619. The van der Waals surface area contributed by atoms with Crippen LogP contribution in [0.3, 0.4) is 0 Å². The Morgan fingerprint density at radius 1 is 1.22 bits per heavy atom. The lowest BCUT2D eigenvalue weighted by Gasteiger charge is -2.22. The molecule has 1 amide bonds. The molecule has 1 heterocycles. The van der Waals surface area contributed by atoms with Crippen LogP contribution in [0.25, 0.3) is 0 Å². The Bertz CT molecular complexity index is 641. The molecule has 1 aliphatic carbocycles. The van der Waals surface area contributed by atoms with Crippen LogP contribution in [0.5, 0.6) is 0 Å². The van der Waals surface area contributed by atoms with Crippen LogP contribution in [0.1, 0.15) is 44.1 Å². The minimum Gasteiger partial charge on any atom is -0.378 e. The molecule has 0 unspecified atom stereocenters. The molecule has 2 N–H and O–H groups in total. The number of aliphatic imine (C=N–C) groups is 1. The molecular formula is C21H32N4O2. The van der Waals surface area contributed by atoms with E-state index in [2.05, 4.69) is 21.7 Å². The van der Waals surface area contributed by atoms with Crippen molar-refractivity contribution in [1.82, 2.24) is 10.6 Å². The predicted octanol–water partition coefficient (Wildman–Crippen LogP) is 2.48. The number of benzene rings is 1. The number of carbonyl (C=O) groups excluding carboxylic acids is 1. The number of hydrogen-bond donors (Lipinski definition) is 2. The molecule has 1 aliphatic heterocycles. The maximum atomic E-state index is 12.5. The quantitative estimate of drug-likeness (QED) is 0.438. The highest BCUT2D eigenvalue weighted by molar-refractivity contribution is 5.98. The SMILES string of the molecule is CN=C(NCCCOC1CCCCC1)NCC(=O)N1CCc2ccccc21. The van der Waals surface area contributed by atoms with Gasteiger partial charge in [-0.05, 0) is 37.3 Å². The van der Waals surface area contributed by atoms with Gasteiger partial charge in [0.1, 0.15) is 0 Å². The van der Waals surface area contributed by atoms with E-state index in [-0.39, 0.29) is 12.5 Å². The van der Waals surface area contributed by atoms with Gasteiger partial charge in [0, 0.05) is 32.4 Å². The lowest BCUT2D eigenvalue weighted by Crippen LogP contribution is -2.44. The van der Waals surface area contributed by atoms with Crippen molar-refractivity contribution in [3.8, 4) is 0 Å². The van der Waals surface area contributed by atoms with E-state index in [1.807, 2.05) is 23.1 Å². The predicted molar refractivity (Wildman–Crippen MR) is 109 cm³/mol. The van der Waals surface area contributed by atoms with Crippen molar-refractivity contribution >= 4 is 17.6 Å². The smallest absolute Gasteiger partial charge is 0.246 e. The van der Waals surface area contributed by atoms with E-state index in [4.69, 9.17) is 4.74 Å². The zero-order valence-corrected chi connectivity index (χ0v) is 16.4. The summed E-state index contributed by atoms with van der Waals surface area (Å²) in [7, 11) is 1.73. The zero-order valence-electron chi connectivity index (χ0n) is 16.4. The number of nitrogens with zero attached hydrogens (tertiary/aromatic N) is 2. The van der Waals surface area contributed by atoms with Crippen molar-refractivity contribution in [2.24, 2.45) is 4.99 Å². The monoisotopic (exact) mass is 372 g/mol. The Morgan fingerprint density at radius 3 is 2.85 bits per heavy atom. The summed E-state index contributed by atoms with van der Waals surface area (Å²) in [5.74, 6) is 0.733. The van der Waals surface area contributed by atoms with Crippen LogP contribution >= 0.6 is 0 Å². The first-order valence-corrected chi connectivity index (χ1v) is 10.2. The summed E-state index contributed by atoms with van der Waals surface area (Å²) in [4.78, 5) is 18.6. The minimum absolute atomic E-state index is 0.0727. The van der Waals surface area contributed by atoms with Crippen molar-refractivity contribution in [2.75, 3.05) is 38.2 Å². The van der Waals surface area contributed by atoms with Gasteiger partial charge in [-0.1, -0.05) is 37.5 Å². The normalized spacial score (nSPS) is 17.7. The third-order valence-corrected chi connectivity index (χ3v) is 5.34. The Morgan fingerprint density at radius 2 is 2.04 bits per heavy atom. The molecule has 6 heteroatoms. The van der Waals surface area contributed by atoms with Gasteiger partial charge < -0.3 is 20.3 Å². The number of anilines is 1. The number of carbonyl (C=O) groups is 1. The second kappa shape index (κ2) is 10.3. The molecule has 1 aromatic carbocycles. The molecular weight excluding hydrogens is 340 g/mol. The lowest BCUT2D eigenvalue weighted by molar-refractivity contribution is -0.117. The lowest BCUT2D eigenvalue weighted by atomic mass is 9.98. The van der Waals surface area contributed by atoms with Crippen LogP contribution in [0, 0.1) is 0 Å². The number of nitrogens with one attached hydrogen (secondary N) is 2. The summed E-state index contributed by atoms with van der Waals surface area (Å²) < 4.78 is 5.94. The van der Waals surface area contributed by atoms with E-state index >= 15 is 0 Å². The number of fused-ring (bicyclic) bond motifs is 1. The second-order valence-corrected chi connectivity index (χ2v) is 7.26. The van der Waals surface area contributed by atoms with Crippen LogP contribution < -0.4 is 15.5 Å². The van der Waals surface area contributed by atoms with Crippen molar-refractivity contribution in [2.45, 2.75) is 51.0 Å². The minimum atomic E-state index is 0.0727. The number of ether oxygens (including phenoxy) is 1. The first-order valence-electron chi connectivity index (χ1n) is 10.2. The Hall–Kier alpha value is -2.08.